The molecule has 2 fully saturated rings. The van der Waals surface area contributed by atoms with Crippen LogP contribution in [0, 0.1) is 11.3 Å². The van der Waals surface area contributed by atoms with E-state index >= 15 is 0 Å². The van der Waals surface area contributed by atoms with Gasteiger partial charge in [0.25, 0.3) is 0 Å². The van der Waals surface area contributed by atoms with Crippen LogP contribution in [0.2, 0.25) is 22.2 Å². The summed E-state index contributed by atoms with van der Waals surface area (Å²) in [6.07, 6.45) is -1.49. The summed E-state index contributed by atoms with van der Waals surface area (Å²) in [6, 6.07) is 3.59. The van der Waals surface area contributed by atoms with Crippen LogP contribution in [-0.4, -0.2) is 77.2 Å². The van der Waals surface area contributed by atoms with Crippen LogP contribution >= 0.6 is 0 Å². The minimum atomic E-state index is -3.03. The van der Waals surface area contributed by atoms with Crippen LogP contribution in [0.4, 0.5) is 5.82 Å². The Hall–Kier alpha value is -2.01. The maximum atomic E-state index is 13.2. The Morgan fingerprint density at radius 1 is 1.09 bits per heavy atom. The topological polar surface area (TPSA) is 152 Å². The number of carbonyl (C=O) groups is 1. The molecular formula is C29H50N4O9Si2. The van der Waals surface area contributed by atoms with Crippen molar-refractivity contribution < 1.29 is 36.7 Å². The van der Waals surface area contributed by atoms with E-state index in [4.69, 9.17) is 37.2 Å². The number of hydrogen-bond acceptors (Lipinski definition) is 11. The van der Waals surface area contributed by atoms with Gasteiger partial charge < -0.3 is 37.2 Å². The van der Waals surface area contributed by atoms with Crippen LogP contribution in [0.15, 0.2) is 17.1 Å². The quantitative estimate of drug-likeness (QED) is 0.179. The first-order chi connectivity index (χ1) is 20.7. The largest absolute Gasteiger partial charge is 0.414 e. The van der Waals surface area contributed by atoms with E-state index in [0.717, 1.165) is 0 Å². The molecule has 2 aliphatic heterocycles. The van der Waals surface area contributed by atoms with E-state index < -0.39 is 47.4 Å². The number of nitrogens with zero attached hydrogens (tertiary/aromatic N) is 3. The van der Waals surface area contributed by atoms with Gasteiger partial charge in [0.1, 0.15) is 37.7 Å². The predicted octanol–water partition coefficient (Wildman–Crippen LogP) is 4.69. The Labute approximate surface area is 263 Å². The Kier molecular flexibility index (Phi) is 12.9. The van der Waals surface area contributed by atoms with E-state index in [1.165, 1.54) is 23.8 Å². The highest BCUT2D eigenvalue weighted by Gasteiger charge is 2.62. The molecule has 13 nitrogen and oxygen atoms in total. The van der Waals surface area contributed by atoms with Crippen LogP contribution in [-0.2, 0) is 36.7 Å². The van der Waals surface area contributed by atoms with Crippen molar-refractivity contribution in [3.8, 4) is 6.07 Å². The van der Waals surface area contributed by atoms with Crippen LogP contribution < -0.4 is 11.0 Å². The van der Waals surface area contributed by atoms with Gasteiger partial charge in [-0.2, -0.15) is 10.2 Å². The van der Waals surface area contributed by atoms with Gasteiger partial charge in [-0.25, -0.2) is 4.79 Å². The number of anilines is 1. The van der Waals surface area contributed by atoms with Gasteiger partial charge in [0, 0.05) is 13.1 Å². The van der Waals surface area contributed by atoms with Gasteiger partial charge in [-0.3, -0.25) is 9.36 Å². The molecule has 0 saturated carbocycles. The predicted molar refractivity (Wildman–Crippen MR) is 167 cm³/mol. The van der Waals surface area contributed by atoms with Crippen molar-refractivity contribution >= 4 is 28.8 Å². The zero-order valence-corrected chi connectivity index (χ0v) is 29.7. The first kappa shape index (κ1) is 36.5. The second kappa shape index (κ2) is 15.5. The maximum Gasteiger partial charge on any atom is 0.351 e. The van der Waals surface area contributed by atoms with Gasteiger partial charge in [-0.15, -0.1) is 0 Å². The van der Waals surface area contributed by atoms with Crippen molar-refractivity contribution in [2.45, 2.75) is 128 Å². The van der Waals surface area contributed by atoms with E-state index in [0.29, 0.717) is 0 Å². The maximum absolute atomic E-state index is 13.2. The zero-order valence-electron chi connectivity index (χ0n) is 27.7. The van der Waals surface area contributed by atoms with Gasteiger partial charge >= 0.3 is 22.8 Å². The lowest BCUT2D eigenvalue weighted by Crippen LogP contribution is -2.66. The monoisotopic (exact) mass is 654 g/mol. The number of hydrogen-bond donors (Lipinski definition) is 1. The van der Waals surface area contributed by atoms with E-state index in [1.807, 2.05) is 0 Å². The average molecular weight is 655 g/mol. The minimum absolute atomic E-state index is 0.0709. The Morgan fingerprint density at radius 2 is 1.73 bits per heavy atom. The minimum Gasteiger partial charge on any atom is -0.414 e. The fraction of sp³-hybridized carbons (Fsp3) is 0.793. The summed E-state index contributed by atoms with van der Waals surface area (Å²) in [7, 11) is -5.85. The summed E-state index contributed by atoms with van der Waals surface area (Å²) < 4.78 is 46.6. The number of carbonyl (C=O) groups excluding carboxylic acids is 1. The van der Waals surface area contributed by atoms with Crippen molar-refractivity contribution in [2.24, 2.45) is 0 Å². The van der Waals surface area contributed by atoms with Crippen molar-refractivity contribution in [3.05, 3.63) is 22.7 Å². The van der Waals surface area contributed by atoms with Crippen molar-refractivity contribution in [1.29, 1.82) is 5.26 Å². The lowest BCUT2D eigenvalue weighted by molar-refractivity contribution is -0.183. The molecule has 2 saturated heterocycles. The summed E-state index contributed by atoms with van der Waals surface area (Å²) in [5, 5.41) is 11.4. The van der Waals surface area contributed by atoms with Crippen LogP contribution in [0.3, 0.4) is 0 Å². The van der Waals surface area contributed by atoms with Crippen LogP contribution in [0.25, 0.3) is 0 Å². The molecule has 1 N–H and O–H groups in total. The molecule has 248 valence electrons. The SMILES string of the molecule is CC(=O)Nc1ccn(C2OC3CO[Si](C(C)C)(C(C)C)O[Si](C(C)C)(C(C)C)O[C@@H]3C2OCOCOC(C)CC#N)c(=O)n1. The highest BCUT2D eigenvalue weighted by molar-refractivity contribution is 6.84. The molecule has 0 bridgehead atoms. The fourth-order valence-corrected chi connectivity index (χ4v) is 17.1. The third-order valence-electron chi connectivity index (χ3n) is 8.18. The average Bonchev–Trinajstić information content (AvgIpc) is 3.23. The molecular weight excluding hydrogens is 605 g/mol. The number of aromatic nitrogens is 2. The molecule has 3 rings (SSSR count). The summed E-state index contributed by atoms with van der Waals surface area (Å²) >= 11 is 0. The Bertz CT molecular complexity index is 1190. The van der Waals surface area contributed by atoms with E-state index in [9.17, 15) is 9.59 Å². The van der Waals surface area contributed by atoms with Crippen molar-refractivity contribution in [2.75, 3.05) is 25.5 Å². The molecule has 3 heterocycles. The molecule has 5 atom stereocenters. The molecule has 2 aliphatic rings. The smallest absolute Gasteiger partial charge is 0.351 e. The third kappa shape index (κ3) is 8.04. The highest BCUT2D eigenvalue weighted by Crippen LogP contribution is 2.48. The molecule has 44 heavy (non-hydrogen) atoms. The third-order valence-corrected chi connectivity index (χ3v) is 18.4. The first-order valence-electron chi connectivity index (χ1n) is 15.4. The van der Waals surface area contributed by atoms with Crippen LogP contribution in [0.1, 0.15) is 81.9 Å². The number of ether oxygens (including phenoxy) is 4. The Morgan fingerprint density at radius 3 is 2.27 bits per heavy atom. The van der Waals surface area contributed by atoms with Crippen molar-refractivity contribution in [3.63, 3.8) is 0 Å². The van der Waals surface area contributed by atoms with E-state index in [1.54, 1.807) is 6.92 Å². The number of fused-ring (bicyclic) bond motifs is 1. The molecule has 15 heteroatoms. The lowest BCUT2D eigenvalue weighted by atomic mass is 10.1. The molecule has 1 aromatic rings. The highest BCUT2D eigenvalue weighted by atomic mass is 28.5. The van der Waals surface area contributed by atoms with Crippen LogP contribution in [0.5, 0.6) is 0 Å². The van der Waals surface area contributed by atoms with Gasteiger partial charge in [-0.1, -0.05) is 55.4 Å². The molecule has 0 aliphatic carbocycles. The molecule has 0 radical (unpaired) electrons. The molecule has 4 unspecified atom stereocenters. The molecule has 1 amide bonds. The number of amides is 1. The summed E-state index contributed by atoms with van der Waals surface area (Å²) in [6.45, 7) is 20.2. The summed E-state index contributed by atoms with van der Waals surface area (Å²) in [5.41, 5.74) is -0.175. The molecule has 0 spiro atoms. The number of nitrogens with one attached hydrogen (secondary N) is 1. The lowest BCUT2D eigenvalue weighted by Gasteiger charge is -2.51. The molecule has 1 aromatic heterocycles. The molecule has 0 aromatic carbocycles. The summed E-state index contributed by atoms with van der Waals surface area (Å²) in [4.78, 5) is 28.8. The van der Waals surface area contributed by atoms with Crippen molar-refractivity contribution in [1.82, 2.24) is 9.55 Å². The van der Waals surface area contributed by atoms with E-state index in [2.05, 4.69) is 71.8 Å². The Balaban J connectivity index is 2.02. The second-order valence-corrected chi connectivity index (χ2v) is 21.6. The number of rotatable bonds is 13. The normalized spacial score (nSPS) is 25.5. The zero-order chi connectivity index (χ0) is 32.8. The van der Waals surface area contributed by atoms with Gasteiger partial charge in [0.05, 0.1) is 25.2 Å². The summed E-state index contributed by atoms with van der Waals surface area (Å²) in [5.74, 6) is -0.206. The van der Waals surface area contributed by atoms with Gasteiger partial charge in [0.2, 0.25) is 5.91 Å². The fourth-order valence-electron chi connectivity index (χ4n) is 5.89. The first-order valence-corrected chi connectivity index (χ1v) is 19.3. The number of nitriles is 1. The van der Waals surface area contributed by atoms with Gasteiger partial charge in [0.15, 0.2) is 6.23 Å². The van der Waals surface area contributed by atoms with Gasteiger partial charge in [-0.05, 0) is 35.2 Å². The second-order valence-electron chi connectivity index (χ2n) is 12.7. The van der Waals surface area contributed by atoms with E-state index in [-0.39, 0.29) is 66.6 Å². The standard InChI is InChI=1S/C29H50N4O9Si2/c1-18(2)43(19(3)4)39-15-24-26(41-44(42-43,20(5)6)21(7)8)27(38-17-36-16-37-22(9)11-13-30)28(40-24)33-14-12-25(31-23(10)34)32-29(33)35/h12,14,18-22,24,26-28H,11,15-17H2,1-10H3,(H,31,32,34,35)/t22?,24?,26-,27?,28?/m0/s1.